The Hall–Kier alpha value is -1.81. The number of likely N-dealkylation sites (N-methyl/N-ethyl adjacent to an activating group) is 1. The second-order valence-corrected chi connectivity index (χ2v) is 6.23. The van der Waals surface area contributed by atoms with Gasteiger partial charge in [-0.15, -0.1) is 0 Å². The average molecular weight is 362 g/mol. The summed E-state index contributed by atoms with van der Waals surface area (Å²) in [5, 5.41) is 0. The van der Waals surface area contributed by atoms with E-state index in [0.717, 1.165) is 21.3 Å². The summed E-state index contributed by atoms with van der Waals surface area (Å²) in [5.74, 6) is 0.680. The molecule has 0 atom stereocenters. The average Bonchev–Trinajstić information content (AvgIpc) is 2.50. The van der Waals surface area contributed by atoms with Gasteiger partial charge < -0.3 is 9.64 Å². The van der Waals surface area contributed by atoms with Crippen LogP contribution in [0.2, 0.25) is 0 Å². The van der Waals surface area contributed by atoms with E-state index in [1.807, 2.05) is 49.4 Å². The number of rotatable bonds is 5. The lowest BCUT2D eigenvalue weighted by atomic mass is 10.1. The number of carbonyl (C=O) groups excluding carboxylic acids is 1. The maximum Gasteiger partial charge on any atom is 0.260 e. The summed E-state index contributed by atoms with van der Waals surface area (Å²) in [6.07, 6.45) is 0. The van der Waals surface area contributed by atoms with Crippen LogP contribution in [0.15, 0.2) is 46.9 Å². The van der Waals surface area contributed by atoms with Crippen molar-refractivity contribution in [2.45, 2.75) is 20.4 Å². The Bertz CT molecular complexity index is 670. The fraction of sp³-hybridized carbons (Fsp3) is 0.278. The number of hydrogen-bond acceptors (Lipinski definition) is 2. The predicted molar refractivity (Wildman–Crippen MR) is 92.0 cm³/mol. The molecule has 2 aromatic rings. The van der Waals surface area contributed by atoms with Crippen molar-refractivity contribution in [1.82, 2.24) is 4.90 Å². The zero-order valence-corrected chi connectivity index (χ0v) is 14.7. The van der Waals surface area contributed by atoms with Crippen LogP contribution in [0.5, 0.6) is 5.75 Å². The highest BCUT2D eigenvalue weighted by molar-refractivity contribution is 9.10. The summed E-state index contributed by atoms with van der Waals surface area (Å²) in [6.45, 7) is 4.68. The van der Waals surface area contributed by atoms with Crippen molar-refractivity contribution in [2.75, 3.05) is 13.7 Å². The van der Waals surface area contributed by atoms with E-state index in [4.69, 9.17) is 4.74 Å². The largest absolute Gasteiger partial charge is 0.484 e. The minimum atomic E-state index is -0.0472. The molecule has 0 saturated carbocycles. The number of ether oxygens (including phenoxy) is 1. The number of hydrogen-bond donors (Lipinski definition) is 0. The normalized spacial score (nSPS) is 10.4. The molecule has 0 saturated heterocycles. The first-order valence-corrected chi connectivity index (χ1v) is 7.94. The summed E-state index contributed by atoms with van der Waals surface area (Å²) in [5.41, 5.74) is 3.45. The lowest BCUT2D eigenvalue weighted by Gasteiger charge is -2.18. The Morgan fingerprint density at radius 1 is 1.14 bits per heavy atom. The van der Waals surface area contributed by atoms with E-state index in [9.17, 15) is 4.79 Å². The van der Waals surface area contributed by atoms with Gasteiger partial charge in [0.25, 0.3) is 5.91 Å². The molecule has 0 aliphatic heterocycles. The van der Waals surface area contributed by atoms with Crippen LogP contribution in [-0.2, 0) is 11.3 Å². The highest BCUT2D eigenvalue weighted by atomic mass is 79.9. The van der Waals surface area contributed by atoms with Crippen LogP contribution < -0.4 is 4.74 Å². The van der Waals surface area contributed by atoms with Crippen LogP contribution >= 0.6 is 15.9 Å². The molecule has 1 amide bonds. The standard InChI is InChI=1S/C18H20BrNO2/c1-13-8-9-16(10-14(13)2)22-12-18(21)20(3)11-15-6-4-5-7-17(15)19/h4-10H,11-12H2,1-3H3. The van der Waals surface area contributed by atoms with Gasteiger partial charge in [-0.05, 0) is 48.7 Å². The van der Waals surface area contributed by atoms with Gasteiger partial charge in [0.15, 0.2) is 6.61 Å². The van der Waals surface area contributed by atoms with E-state index >= 15 is 0 Å². The third-order valence-corrected chi connectivity index (χ3v) is 4.41. The number of amides is 1. The summed E-state index contributed by atoms with van der Waals surface area (Å²) in [6, 6.07) is 13.7. The summed E-state index contributed by atoms with van der Waals surface area (Å²) in [7, 11) is 1.78. The van der Waals surface area contributed by atoms with Crippen LogP contribution in [0, 0.1) is 13.8 Å². The first kappa shape index (κ1) is 16.6. The summed E-state index contributed by atoms with van der Waals surface area (Å²) in [4.78, 5) is 13.8. The highest BCUT2D eigenvalue weighted by Gasteiger charge is 2.11. The van der Waals surface area contributed by atoms with Gasteiger partial charge in [-0.2, -0.15) is 0 Å². The fourth-order valence-electron chi connectivity index (χ4n) is 2.03. The molecule has 0 bridgehead atoms. The van der Waals surface area contributed by atoms with Crippen molar-refractivity contribution in [3.05, 3.63) is 63.6 Å². The molecule has 3 nitrogen and oxygen atoms in total. The van der Waals surface area contributed by atoms with Crippen molar-refractivity contribution in [3.63, 3.8) is 0 Å². The Kier molecular flexibility index (Phi) is 5.61. The van der Waals surface area contributed by atoms with Gasteiger partial charge in [0.1, 0.15) is 5.75 Å². The summed E-state index contributed by atoms with van der Waals surface area (Å²) < 4.78 is 6.59. The lowest BCUT2D eigenvalue weighted by Crippen LogP contribution is -2.31. The Morgan fingerprint density at radius 2 is 1.86 bits per heavy atom. The number of halogens is 1. The Labute approximate surface area is 140 Å². The molecule has 2 rings (SSSR count). The van der Waals surface area contributed by atoms with Crippen LogP contribution in [0.25, 0.3) is 0 Å². The number of nitrogens with zero attached hydrogens (tertiary/aromatic N) is 1. The van der Waals surface area contributed by atoms with Crippen molar-refractivity contribution < 1.29 is 9.53 Å². The van der Waals surface area contributed by atoms with Gasteiger partial charge in [-0.25, -0.2) is 0 Å². The maximum absolute atomic E-state index is 12.2. The molecule has 116 valence electrons. The second-order valence-electron chi connectivity index (χ2n) is 5.38. The molecule has 2 aromatic carbocycles. The smallest absolute Gasteiger partial charge is 0.260 e. The van der Waals surface area contributed by atoms with Crippen molar-refractivity contribution in [2.24, 2.45) is 0 Å². The van der Waals surface area contributed by atoms with Gasteiger partial charge in [-0.1, -0.05) is 40.2 Å². The van der Waals surface area contributed by atoms with E-state index < -0.39 is 0 Å². The Balaban J connectivity index is 1.91. The van der Waals surface area contributed by atoms with E-state index in [0.29, 0.717) is 6.54 Å². The third-order valence-electron chi connectivity index (χ3n) is 3.63. The van der Waals surface area contributed by atoms with Gasteiger partial charge in [0.05, 0.1) is 0 Å². The van der Waals surface area contributed by atoms with Crippen LogP contribution in [0.1, 0.15) is 16.7 Å². The fourth-order valence-corrected chi connectivity index (χ4v) is 2.44. The molecule has 0 aromatic heterocycles. The van der Waals surface area contributed by atoms with E-state index in [-0.39, 0.29) is 12.5 Å². The molecule has 0 unspecified atom stereocenters. The molecule has 0 heterocycles. The van der Waals surface area contributed by atoms with Gasteiger partial charge in [-0.3, -0.25) is 4.79 Å². The number of benzene rings is 2. The molecular formula is C18H20BrNO2. The molecule has 0 N–H and O–H groups in total. The van der Waals surface area contributed by atoms with Crippen LogP contribution in [0.4, 0.5) is 0 Å². The minimum Gasteiger partial charge on any atom is -0.484 e. The molecule has 0 spiro atoms. The lowest BCUT2D eigenvalue weighted by molar-refractivity contribution is -0.132. The van der Waals surface area contributed by atoms with Crippen LogP contribution in [0.3, 0.4) is 0 Å². The molecular weight excluding hydrogens is 342 g/mol. The molecule has 0 fully saturated rings. The SMILES string of the molecule is Cc1ccc(OCC(=O)N(C)Cc2ccccc2Br)cc1C. The van der Waals surface area contributed by atoms with E-state index in [1.165, 1.54) is 5.56 Å². The number of carbonyl (C=O) groups is 1. The van der Waals surface area contributed by atoms with Crippen LogP contribution in [-0.4, -0.2) is 24.5 Å². The quantitative estimate of drug-likeness (QED) is 0.801. The van der Waals surface area contributed by atoms with Gasteiger partial charge >= 0.3 is 0 Å². The van der Waals surface area contributed by atoms with Gasteiger partial charge in [0, 0.05) is 18.1 Å². The first-order valence-electron chi connectivity index (χ1n) is 7.15. The molecule has 0 aliphatic carbocycles. The third kappa shape index (κ3) is 4.34. The molecule has 0 radical (unpaired) electrons. The topological polar surface area (TPSA) is 29.5 Å². The van der Waals surface area contributed by atoms with Crippen molar-refractivity contribution in [3.8, 4) is 5.75 Å². The highest BCUT2D eigenvalue weighted by Crippen LogP contribution is 2.18. The minimum absolute atomic E-state index is 0.0451. The van der Waals surface area contributed by atoms with Crippen molar-refractivity contribution >= 4 is 21.8 Å². The second kappa shape index (κ2) is 7.45. The van der Waals surface area contributed by atoms with Gasteiger partial charge in [0.2, 0.25) is 0 Å². The molecule has 4 heteroatoms. The van der Waals surface area contributed by atoms with E-state index in [1.54, 1.807) is 11.9 Å². The van der Waals surface area contributed by atoms with Crippen molar-refractivity contribution in [1.29, 1.82) is 0 Å². The molecule has 22 heavy (non-hydrogen) atoms. The van der Waals surface area contributed by atoms with E-state index in [2.05, 4.69) is 22.9 Å². The zero-order chi connectivity index (χ0) is 16.1. The predicted octanol–water partition coefficient (Wildman–Crippen LogP) is 4.10. The monoisotopic (exact) mass is 361 g/mol. The maximum atomic E-state index is 12.2. The zero-order valence-electron chi connectivity index (χ0n) is 13.1. The summed E-state index contributed by atoms with van der Waals surface area (Å²) >= 11 is 3.50. The first-order chi connectivity index (χ1) is 10.5. The Morgan fingerprint density at radius 3 is 2.55 bits per heavy atom. The number of aryl methyl sites for hydroxylation is 2. The molecule has 0 aliphatic rings.